The van der Waals surface area contributed by atoms with Crippen molar-refractivity contribution in [3.05, 3.63) is 63.6 Å². The molecule has 2 aromatic carbocycles. The summed E-state index contributed by atoms with van der Waals surface area (Å²) in [5.74, 6) is -4.02. The van der Waals surface area contributed by atoms with Gasteiger partial charge in [0.05, 0.1) is 24.8 Å². The van der Waals surface area contributed by atoms with Crippen LogP contribution in [-0.4, -0.2) is 48.8 Å². The monoisotopic (exact) mass is 607 g/mol. The van der Waals surface area contributed by atoms with Crippen molar-refractivity contribution in [2.45, 2.75) is 45.4 Å². The van der Waals surface area contributed by atoms with Gasteiger partial charge < -0.3 is 15.2 Å². The van der Waals surface area contributed by atoms with Crippen LogP contribution in [0, 0.1) is 0 Å². The van der Waals surface area contributed by atoms with Gasteiger partial charge in [-0.1, -0.05) is 68.1 Å². The number of carbonyl (C=O) groups excluding carboxylic acids is 5. The lowest BCUT2D eigenvalue weighted by Gasteiger charge is -2.17. The topological polar surface area (TPSA) is 178 Å². The van der Waals surface area contributed by atoms with Crippen molar-refractivity contribution < 1.29 is 33.4 Å². The molecule has 1 unspecified atom stereocenters. The summed E-state index contributed by atoms with van der Waals surface area (Å²) in [5.41, 5.74) is 8.40. The van der Waals surface area contributed by atoms with Crippen LogP contribution in [0.2, 0.25) is 10.0 Å². The highest BCUT2D eigenvalue weighted by atomic mass is 35.5. The van der Waals surface area contributed by atoms with E-state index in [1.807, 2.05) is 24.5 Å². The van der Waals surface area contributed by atoms with Gasteiger partial charge in [0.25, 0.3) is 11.8 Å². The smallest absolute Gasteiger partial charge is 0.414 e. The van der Waals surface area contributed by atoms with Crippen LogP contribution in [0.15, 0.2) is 47.6 Å². The molecule has 0 fully saturated rings. The molecule has 0 aliphatic rings. The van der Waals surface area contributed by atoms with Gasteiger partial charge in [-0.15, -0.1) is 0 Å². The number of primary amides is 1. The number of imide groups is 2. The van der Waals surface area contributed by atoms with Crippen LogP contribution in [0.5, 0.6) is 0 Å². The van der Waals surface area contributed by atoms with Crippen LogP contribution in [0.1, 0.15) is 56.6 Å². The third-order valence-electron chi connectivity index (χ3n) is 5.42. The second-order valence-electron chi connectivity index (χ2n) is 8.58. The van der Waals surface area contributed by atoms with Gasteiger partial charge in [0.15, 0.2) is 0 Å². The molecule has 220 valence electrons. The molecule has 41 heavy (non-hydrogen) atoms. The predicted octanol–water partition coefficient (Wildman–Crippen LogP) is 4.48. The van der Waals surface area contributed by atoms with Crippen LogP contribution in [-0.2, 0) is 23.9 Å². The number of hydrogen-bond donors (Lipinski definition) is 4. The number of unbranched alkanes of at least 4 members (excludes halogenated alkanes) is 2. The lowest BCUT2D eigenvalue weighted by atomic mass is 9.90. The fourth-order valence-electron chi connectivity index (χ4n) is 3.30. The van der Waals surface area contributed by atoms with Crippen molar-refractivity contribution in [3.8, 4) is 0 Å². The van der Waals surface area contributed by atoms with Gasteiger partial charge in [0.1, 0.15) is 0 Å². The van der Waals surface area contributed by atoms with Gasteiger partial charge in [0.2, 0.25) is 11.6 Å². The standard InChI is InChI=1S/C27H31Cl2N5O7/c1-3-5-13-40-26(38)31-24(36)22(25(37)32-27(39)41-14-6-4-2)34-33-18-11-12-19(20(29)15-18)21(23(30)35)16-7-9-17(28)10-8-16/h7-12,15,21,33H,3-6,13-14H2,1-2H3,(H2,30,35)(H,31,36,38)(H,32,37,39). The molecule has 14 heteroatoms. The van der Waals surface area contributed by atoms with E-state index in [1.165, 1.54) is 18.2 Å². The molecule has 0 aromatic heterocycles. The minimum absolute atomic E-state index is 0.0590. The quantitative estimate of drug-likeness (QED) is 0.111. The number of ether oxygens (including phenoxy) is 2. The van der Waals surface area contributed by atoms with Crippen LogP contribution in [0.25, 0.3) is 0 Å². The number of nitrogens with zero attached hydrogens (tertiary/aromatic N) is 1. The molecular formula is C27H31Cl2N5O7. The average Bonchev–Trinajstić information content (AvgIpc) is 2.91. The summed E-state index contributed by atoms with van der Waals surface area (Å²) in [4.78, 5) is 61.5. The highest BCUT2D eigenvalue weighted by molar-refractivity contribution is 6.66. The molecule has 0 saturated heterocycles. The summed E-state index contributed by atoms with van der Waals surface area (Å²) < 4.78 is 9.75. The van der Waals surface area contributed by atoms with Crippen LogP contribution in [0.4, 0.5) is 15.3 Å². The minimum atomic E-state index is -1.24. The van der Waals surface area contributed by atoms with Gasteiger partial charge in [-0.2, -0.15) is 5.10 Å². The molecule has 0 heterocycles. The summed E-state index contributed by atoms with van der Waals surface area (Å²) in [5, 5.41) is 8.14. The summed E-state index contributed by atoms with van der Waals surface area (Å²) in [7, 11) is 0. The Morgan fingerprint density at radius 2 is 1.39 bits per heavy atom. The molecule has 2 rings (SSSR count). The first kappa shape index (κ1) is 33.0. The second-order valence-corrected chi connectivity index (χ2v) is 9.43. The predicted molar refractivity (Wildman–Crippen MR) is 154 cm³/mol. The molecule has 2 aromatic rings. The maximum atomic E-state index is 12.7. The van der Waals surface area contributed by atoms with Crippen LogP contribution < -0.4 is 21.8 Å². The highest BCUT2D eigenvalue weighted by Crippen LogP contribution is 2.32. The third-order valence-corrected chi connectivity index (χ3v) is 6.00. The van der Waals surface area contributed by atoms with Crippen molar-refractivity contribution in [2.24, 2.45) is 10.8 Å². The molecule has 0 aliphatic heterocycles. The second kappa shape index (κ2) is 16.8. The van der Waals surface area contributed by atoms with E-state index in [2.05, 4.69) is 10.5 Å². The number of carbonyl (C=O) groups is 5. The van der Waals surface area contributed by atoms with Gasteiger partial charge in [-0.3, -0.25) is 30.4 Å². The van der Waals surface area contributed by atoms with Crippen LogP contribution in [0.3, 0.4) is 0 Å². The molecule has 1 atom stereocenters. The number of rotatable bonds is 13. The molecular weight excluding hydrogens is 577 g/mol. The Bertz CT molecular complexity index is 1250. The Balaban J connectivity index is 2.28. The first-order chi connectivity index (χ1) is 19.6. The highest BCUT2D eigenvalue weighted by Gasteiger charge is 2.26. The van der Waals surface area contributed by atoms with E-state index in [1.54, 1.807) is 24.3 Å². The summed E-state index contributed by atoms with van der Waals surface area (Å²) in [6.45, 7) is 3.89. The van der Waals surface area contributed by atoms with Gasteiger partial charge >= 0.3 is 12.2 Å². The molecule has 0 aliphatic carbocycles. The van der Waals surface area contributed by atoms with Crippen LogP contribution >= 0.6 is 23.2 Å². The van der Waals surface area contributed by atoms with Gasteiger partial charge in [0, 0.05) is 10.0 Å². The number of hydrazone groups is 1. The van der Waals surface area contributed by atoms with Gasteiger partial charge in [-0.25, -0.2) is 9.59 Å². The Morgan fingerprint density at radius 3 is 1.85 bits per heavy atom. The Labute approximate surface area is 246 Å². The Kier molecular flexibility index (Phi) is 13.6. The molecule has 5 amide bonds. The number of anilines is 1. The number of benzene rings is 2. The molecule has 0 bridgehead atoms. The number of nitrogens with two attached hydrogens (primary N) is 1. The van der Waals surface area contributed by atoms with E-state index < -0.39 is 41.5 Å². The lowest BCUT2D eigenvalue weighted by molar-refractivity contribution is -0.119. The van der Waals surface area contributed by atoms with Crippen molar-refractivity contribution >= 4 is 64.5 Å². The zero-order chi connectivity index (χ0) is 30.4. The van der Waals surface area contributed by atoms with E-state index >= 15 is 0 Å². The first-order valence-corrected chi connectivity index (χ1v) is 13.5. The maximum absolute atomic E-state index is 12.7. The van der Waals surface area contributed by atoms with Crippen molar-refractivity contribution in [3.63, 3.8) is 0 Å². The van der Waals surface area contributed by atoms with E-state index in [0.717, 1.165) is 12.8 Å². The number of amides is 5. The molecule has 0 radical (unpaired) electrons. The van der Waals surface area contributed by atoms with Crippen molar-refractivity contribution in [1.29, 1.82) is 0 Å². The Morgan fingerprint density at radius 1 is 0.854 bits per heavy atom. The van der Waals surface area contributed by atoms with E-state index in [0.29, 0.717) is 29.0 Å². The fraction of sp³-hybridized carbons (Fsp3) is 0.333. The number of nitrogens with one attached hydrogen (secondary N) is 3. The van der Waals surface area contributed by atoms with Gasteiger partial charge in [-0.05, 0) is 48.2 Å². The molecule has 12 nitrogen and oxygen atoms in total. The summed E-state index contributed by atoms with van der Waals surface area (Å²) in [6.07, 6.45) is 0.450. The van der Waals surface area contributed by atoms with Crippen molar-refractivity contribution in [1.82, 2.24) is 10.6 Å². The third kappa shape index (κ3) is 10.7. The normalized spacial score (nSPS) is 11.0. The maximum Gasteiger partial charge on any atom is 0.414 e. The van der Waals surface area contributed by atoms with E-state index in [4.69, 9.17) is 38.4 Å². The minimum Gasteiger partial charge on any atom is -0.449 e. The molecule has 0 saturated carbocycles. The van der Waals surface area contributed by atoms with E-state index in [9.17, 15) is 24.0 Å². The lowest BCUT2D eigenvalue weighted by Crippen LogP contribution is -2.46. The zero-order valence-corrected chi connectivity index (χ0v) is 24.0. The Hall–Kier alpha value is -4.16. The van der Waals surface area contributed by atoms with Crippen molar-refractivity contribution in [2.75, 3.05) is 18.6 Å². The fourth-order valence-corrected chi connectivity index (χ4v) is 3.72. The first-order valence-electron chi connectivity index (χ1n) is 12.7. The zero-order valence-electron chi connectivity index (χ0n) is 22.5. The molecule has 5 N–H and O–H groups in total. The largest absolute Gasteiger partial charge is 0.449 e. The molecule has 0 spiro atoms. The van der Waals surface area contributed by atoms with E-state index in [-0.39, 0.29) is 23.9 Å². The SMILES string of the molecule is CCCCOC(=O)NC(=O)C(=NNc1ccc(C(C(N)=O)c2ccc(Cl)cc2)c(Cl)c1)C(=O)NC(=O)OCCCC. The summed E-state index contributed by atoms with van der Waals surface area (Å²) in [6, 6.07) is 10.9. The number of halogens is 2. The number of alkyl carbamates (subject to hydrolysis) is 2. The average molecular weight is 608 g/mol. The number of hydrogen-bond acceptors (Lipinski definition) is 9. The summed E-state index contributed by atoms with van der Waals surface area (Å²) >= 11 is 12.4.